The average molecular weight is 252 g/mol. The quantitative estimate of drug-likeness (QED) is 0.598. The number of nitrogens with one attached hydrogen (secondary N) is 1. The topological polar surface area (TPSA) is 64.4 Å². The van der Waals surface area contributed by atoms with Crippen molar-refractivity contribution in [2.45, 2.75) is 32.7 Å². The third kappa shape index (κ3) is 4.00. The van der Waals surface area contributed by atoms with Crippen LogP contribution >= 0.6 is 0 Å². The van der Waals surface area contributed by atoms with Crippen molar-refractivity contribution >= 4 is 5.69 Å². The van der Waals surface area contributed by atoms with Gasteiger partial charge in [-0.1, -0.05) is 6.92 Å². The van der Waals surface area contributed by atoms with Crippen LogP contribution in [0.2, 0.25) is 0 Å². The second-order valence-corrected chi connectivity index (χ2v) is 4.31. The molecule has 0 bridgehead atoms. The van der Waals surface area contributed by atoms with Gasteiger partial charge in [0.1, 0.15) is 5.75 Å². The van der Waals surface area contributed by atoms with Crippen LogP contribution < -0.4 is 10.1 Å². The Morgan fingerprint density at radius 3 is 2.78 bits per heavy atom. The molecule has 0 saturated heterocycles. The third-order valence-corrected chi connectivity index (χ3v) is 2.75. The van der Waals surface area contributed by atoms with E-state index in [1.807, 2.05) is 6.92 Å². The molecule has 0 radical (unpaired) electrons. The van der Waals surface area contributed by atoms with Crippen LogP contribution in [0.3, 0.4) is 0 Å². The smallest absolute Gasteiger partial charge is 0.272 e. The Morgan fingerprint density at radius 1 is 1.50 bits per heavy atom. The van der Waals surface area contributed by atoms with Crippen molar-refractivity contribution < 1.29 is 9.66 Å². The van der Waals surface area contributed by atoms with Crippen molar-refractivity contribution in [2.75, 3.05) is 13.7 Å². The molecule has 100 valence electrons. The van der Waals surface area contributed by atoms with Gasteiger partial charge in [0.05, 0.1) is 12.0 Å². The molecule has 0 aliphatic carbocycles. The van der Waals surface area contributed by atoms with Crippen LogP contribution in [0, 0.1) is 10.1 Å². The van der Waals surface area contributed by atoms with Gasteiger partial charge in [-0.25, -0.2) is 0 Å². The third-order valence-electron chi connectivity index (χ3n) is 2.75. The summed E-state index contributed by atoms with van der Waals surface area (Å²) in [4.78, 5) is 10.6. The fourth-order valence-electron chi connectivity index (χ4n) is 1.82. The molecule has 18 heavy (non-hydrogen) atoms. The number of methoxy groups -OCH3 is 1. The molecule has 0 spiro atoms. The molecule has 0 aromatic heterocycles. The number of benzene rings is 1. The zero-order chi connectivity index (χ0) is 13.5. The Labute approximate surface area is 107 Å². The van der Waals surface area contributed by atoms with Crippen LogP contribution in [-0.4, -0.2) is 24.6 Å². The second-order valence-electron chi connectivity index (χ2n) is 4.31. The van der Waals surface area contributed by atoms with E-state index in [0.29, 0.717) is 17.7 Å². The standard InChI is InChI=1S/C13H20N2O3/c1-4-7-14-10(2)8-11-9-12(18-3)5-6-13(11)15(16)17/h5-6,9-10,14H,4,7-8H2,1-3H3. The number of nitrogens with zero attached hydrogens (tertiary/aromatic N) is 1. The fourth-order valence-corrected chi connectivity index (χ4v) is 1.82. The van der Waals surface area contributed by atoms with Gasteiger partial charge in [-0.15, -0.1) is 0 Å². The molecule has 0 aliphatic rings. The molecule has 1 rings (SSSR count). The minimum absolute atomic E-state index is 0.154. The van der Waals surface area contributed by atoms with Gasteiger partial charge in [0.25, 0.3) is 5.69 Å². The molecule has 0 saturated carbocycles. The van der Waals surface area contributed by atoms with E-state index in [4.69, 9.17) is 4.74 Å². The van der Waals surface area contributed by atoms with Crippen molar-refractivity contribution in [2.24, 2.45) is 0 Å². The highest BCUT2D eigenvalue weighted by atomic mass is 16.6. The first-order valence-corrected chi connectivity index (χ1v) is 6.13. The highest BCUT2D eigenvalue weighted by Crippen LogP contribution is 2.25. The molecule has 1 aromatic carbocycles. The summed E-state index contributed by atoms with van der Waals surface area (Å²) >= 11 is 0. The van der Waals surface area contributed by atoms with Gasteiger partial charge in [0.15, 0.2) is 0 Å². The summed E-state index contributed by atoms with van der Waals surface area (Å²) in [5.41, 5.74) is 0.858. The van der Waals surface area contributed by atoms with E-state index < -0.39 is 0 Å². The van der Waals surface area contributed by atoms with Crippen LogP contribution in [0.5, 0.6) is 5.75 Å². The summed E-state index contributed by atoms with van der Waals surface area (Å²) in [5.74, 6) is 0.651. The lowest BCUT2D eigenvalue weighted by atomic mass is 10.0. The van der Waals surface area contributed by atoms with E-state index >= 15 is 0 Å². The van der Waals surface area contributed by atoms with Crippen LogP contribution in [-0.2, 0) is 6.42 Å². The van der Waals surface area contributed by atoms with Gasteiger partial charge in [-0.05, 0) is 38.4 Å². The van der Waals surface area contributed by atoms with Gasteiger partial charge in [0, 0.05) is 17.7 Å². The minimum atomic E-state index is -0.346. The lowest BCUT2D eigenvalue weighted by molar-refractivity contribution is -0.385. The number of hydrogen-bond donors (Lipinski definition) is 1. The van der Waals surface area contributed by atoms with Crippen molar-refractivity contribution in [3.63, 3.8) is 0 Å². The summed E-state index contributed by atoms with van der Waals surface area (Å²) in [7, 11) is 1.56. The zero-order valence-electron chi connectivity index (χ0n) is 11.1. The second kappa shape index (κ2) is 6.96. The summed E-state index contributed by atoms with van der Waals surface area (Å²) < 4.78 is 5.11. The first-order chi connectivity index (χ1) is 8.58. The molecule has 1 aromatic rings. The number of hydrogen-bond acceptors (Lipinski definition) is 4. The average Bonchev–Trinajstić information content (AvgIpc) is 2.35. The molecule has 5 nitrogen and oxygen atoms in total. The van der Waals surface area contributed by atoms with E-state index in [9.17, 15) is 10.1 Å². The SMILES string of the molecule is CCCNC(C)Cc1cc(OC)ccc1[N+](=O)[O-]. The Hall–Kier alpha value is -1.62. The molecule has 0 fully saturated rings. The van der Waals surface area contributed by atoms with Gasteiger partial charge in [-0.3, -0.25) is 10.1 Å². The largest absolute Gasteiger partial charge is 0.497 e. The molecule has 0 aliphatic heterocycles. The first kappa shape index (κ1) is 14.4. The molecule has 0 heterocycles. The number of nitro benzene ring substituents is 1. The number of ether oxygens (including phenoxy) is 1. The Morgan fingerprint density at radius 2 is 2.22 bits per heavy atom. The van der Waals surface area contributed by atoms with Crippen molar-refractivity contribution in [1.82, 2.24) is 5.32 Å². The van der Waals surface area contributed by atoms with Gasteiger partial charge in [-0.2, -0.15) is 0 Å². The molecule has 5 heteroatoms. The lowest BCUT2D eigenvalue weighted by Crippen LogP contribution is -2.28. The molecule has 1 unspecified atom stereocenters. The van der Waals surface area contributed by atoms with Crippen LogP contribution in [0.1, 0.15) is 25.8 Å². The van der Waals surface area contributed by atoms with E-state index in [0.717, 1.165) is 13.0 Å². The van der Waals surface area contributed by atoms with E-state index in [2.05, 4.69) is 12.2 Å². The molecular weight excluding hydrogens is 232 g/mol. The zero-order valence-corrected chi connectivity index (χ0v) is 11.1. The van der Waals surface area contributed by atoms with E-state index in [1.54, 1.807) is 19.2 Å². The lowest BCUT2D eigenvalue weighted by Gasteiger charge is -2.13. The monoisotopic (exact) mass is 252 g/mol. The van der Waals surface area contributed by atoms with Crippen molar-refractivity contribution in [3.05, 3.63) is 33.9 Å². The highest BCUT2D eigenvalue weighted by Gasteiger charge is 2.16. The maximum absolute atomic E-state index is 11.0. The van der Waals surface area contributed by atoms with Gasteiger partial charge < -0.3 is 10.1 Å². The van der Waals surface area contributed by atoms with Gasteiger partial charge >= 0.3 is 0 Å². The Kier molecular flexibility index (Phi) is 5.58. The van der Waals surface area contributed by atoms with Crippen LogP contribution in [0.25, 0.3) is 0 Å². The summed E-state index contributed by atoms with van der Waals surface area (Å²) in [5, 5.41) is 14.3. The predicted molar refractivity (Wildman–Crippen MR) is 71.1 cm³/mol. The number of rotatable bonds is 7. The Bertz CT molecular complexity index is 407. The van der Waals surface area contributed by atoms with E-state index in [-0.39, 0.29) is 16.7 Å². The molecule has 1 N–H and O–H groups in total. The predicted octanol–water partition coefficient (Wildman–Crippen LogP) is 2.53. The summed E-state index contributed by atoms with van der Waals surface area (Å²) in [6.45, 7) is 5.03. The van der Waals surface area contributed by atoms with Crippen LogP contribution in [0.15, 0.2) is 18.2 Å². The number of nitro groups is 1. The van der Waals surface area contributed by atoms with Crippen molar-refractivity contribution in [3.8, 4) is 5.75 Å². The Balaban J connectivity index is 2.86. The minimum Gasteiger partial charge on any atom is -0.497 e. The van der Waals surface area contributed by atoms with E-state index in [1.165, 1.54) is 6.07 Å². The maximum atomic E-state index is 11.0. The molecular formula is C13H20N2O3. The van der Waals surface area contributed by atoms with Crippen LogP contribution in [0.4, 0.5) is 5.69 Å². The fraction of sp³-hybridized carbons (Fsp3) is 0.538. The normalized spacial score (nSPS) is 12.2. The van der Waals surface area contributed by atoms with Crippen molar-refractivity contribution in [1.29, 1.82) is 0 Å². The summed E-state index contributed by atoms with van der Waals surface area (Å²) in [6.07, 6.45) is 1.66. The first-order valence-electron chi connectivity index (χ1n) is 6.13. The maximum Gasteiger partial charge on any atom is 0.272 e. The highest BCUT2D eigenvalue weighted by molar-refractivity contribution is 5.45. The molecule has 1 atom stereocenters. The van der Waals surface area contributed by atoms with Gasteiger partial charge in [0.2, 0.25) is 0 Å². The summed E-state index contributed by atoms with van der Waals surface area (Å²) in [6, 6.07) is 5.06. The molecule has 0 amide bonds.